The van der Waals surface area contributed by atoms with Crippen molar-refractivity contribution in [3.05, 3.63) is 29.8 Å². The van der Waals surface area contributed by atoms with E-state index in [0.717, 1.165) is 6.29 Å². The van der Waals surface area contributed by atoms with Crippen LogP contribution in [0.4, 0.5) is 0 Å². The van der Waals surface area contributed by atoms with Crippen LogP contribution in [0.25, 0.3) is 0 Å². The Labute approximate surface area is 91.5 Å². The largest absolute Gasteiger partial charge is 1.00 e. The summed E-state index contributed by atoms with van der Waals surface area (Å²) in [6, 6.07) is 6.58. The maximum absolute atomic E-state index is 10.2. The predicted octanol–water partition coefficient (Wildman–Crippen LogP) is -1.27. The van der Waals surface area contributed by atoms with E-state index in [1.54, 1.807) is 24.3 Å². The van der Waals surface area contributed by atoms with E-state index in [9.17, 15) is 9.35 Å². The van der Waals surface area contributed by atoms with Crippen LogP contribution in [0.15, 0.2) is 29.2 Å². The first-order valence-corrected chi connectivity index (χ1v) is 3.46. The summed E-state index contributed by atoms with van der Waals surface area (Å²) >= 11 is 0.389. The Bertz CT molecular complexity index is 240. The fourth-order valence-corrected chi connectivity index (χ4v) is 0.958. The first-order valence-electron chi connectivity index (χ1n) is 2.72. The molecule has 0 spiro atoms. The van der Waals surface area contributed by atoms with E-state index in [4.69, 9.17) is 0 Å². The molecule has 0 fully saturated rings. The number of rotatable bonds is 2. The van der Waals surface area contributed by atoms with Crippen molar-refractivity contribution in [2.75, 3.05) is 0 Å². The fourth-order valence-electron chi connectivity index (χ4n) is 0.640. The normalized spacial score (nSPS) is 8.45. The van der Waals surface area contributed by atoms with Gasteiger partial charge in [-0.2, -0.15) is 0 Å². The van der Waals surface area contributed by atoms with Crippen LogP contribution in [0, 0.1) is 0 Å². The van der Waals surface area contributed by atoms with Crippen molar-refractivity contribution >= 4 is 18.3 Å². The Balaban J connectivity index is 0.000001000. The van der Waals surface area contributed by atoms with Crippen molar-refractivity contribution < 1.29 is 38.9 Å². The molecular weight excluding hydrogens is 171 g/mol. The van der Waals surface area contributed by atoms with Crippen LogP contribution in [0.3, 0.4) is 0 Å². The molecule has 0 aliphatic heterocycles. The summed E-state index contributed by atoms with van der Waals surface area (Å²) in [5.74, 6) is 0. The Morgan fingerprint density at radius 3 is 2.73 bits per heavy atom. The minimum atomic E-state index is 0. The topological polar surface area (TPSA) is 40.1 Å². The van der Waals surface area contributed by atoms with Gasteiger partial charge < -0.3 is 4.55 Å². The molecule has 52 valence electrons. The SMILES string of the molecule is O=Cc1cccc(S[O-])c1.[Na+]. The zero-order valence-electron chi connectivity index (χ0n) is 6.11. The Morgan fingerprint density at radius 2 is 2.18 bits per heavy atom. The van der Waals surface area contributed by atoms with Gasteiger partial charge in [0, 0.05) is 5.56 Å². The predicted molar refractivity (Wildman–Crippen MR) is 38.5 cm³/mol. The van der Waals surface area contributed by atoms with Crippen LogP contribution in [0.1, 0.15) is 10.4 Å². The Hall–Kier alpha value is 0.200. The van der Waals surface area contributed by atoms with E-state index in [0.29, 0.717) is 22.5 Å². The van der Waals surface area contributed by atoms with Crippen LogP contribution >= 0.6 is 12.0 Å². The standard InChI is InChI=1S/C7H6O2S.Na/c8-5-6-2-1-3-7(4-6)10-9;/h1-5,9H;/q;+1/p-1. The van der Waals surface area contributed by atoms with Crippen molar-refractivity contribution in [2.45, 2.75) is 4.90 Å². The summed E-state index contributed by atoms with van der Waals surface area (Å²) in [6.07, 6.45) is 0.722. The molecule has 0 aliphatic rings. The number of aldehydes is 1. The van der Waals surface area contributed by atoms with Gasteiger partial charge >= 0.3 is 29.6 Å². The molecule has 4 heteroatoms. The summed E-state index contributed by atoms with van der Waals surface area (Å²) in [7, 11) is 0. The van der Waals surface area contributed by atoms with E-state index in [1.165, 1.54) is 0 Å². The van der Waals surface area contributed by atoms with E-state index < -0.39 is 0 Å². The van der Waals surface area contributed by atoms with Gasteiger partial charge in [-0.05, 0) is 17.0 Å². The molecule has 11 heavy (non-hydrogen) atoms. The van der Waals surface area contributed by atoms with Gasteiger partial charge in [0.05, 0.1) is 0 Å². The third kappa shape index (κ3) is 3.40. The van der Waals surface area contributed by atoms with Crippen molar-refractivity contribution in [3.63, 3.8) is 0 Å². The molecule has 0 aliphatic carbocycles. The van der Waals surface area contributed by atoms with Crippen LogP contribution in [0.5, 0.6) is 0 Å². The number of hydrogen-bond donors (Lipinski definition) is 0. The molecule has 0 aromatic heterocycles. The summed E-state index contributed by atoms with van der Waals surface area (Å²) in [6.45, 7) is 0. The minimum absolute atomic E-state index is 0. The van der Waals surface area contributed by atoms with Crippen molar-refractivity contribution in [3.8, 4) is 0 Å². The van der Waals surface area contributed by atoms with Gasteiger partial charge in [-0.3, -0.25) is 4.79 Å². The Morgan fingerprint density at radius 1 is 1.45 bits per heavy atom. The molecule has 1 aromatic carbocycles. The zero-order valence-corrected chi connectivity index (χ0v) is 8.93. The monoisotopic (exact) mass is 176 g/mol. The van der Waals surface area contributed by atoms with Crippen LogP contribution in [-0.2, 0) is 0 Å². The third-order valence-electron chi connectivity index (χ3n) is 1.09. The average molecular weight is 176 g/mol. The van der Waals surface area contributed by atoms with Crippen molar-refractivity contribution in [1.82, 2.24) is 0 Å². The average Bonchev–Trinajstić information content (AvgIpc) is 2.05. The molecule has 0 saturated carbocycles. The van der Waals surface area contributed by atoms with E-state index in [-0.39, 0.29) is 29.6 Å². The number of benzene rings is 1. The van der Waals surface area contributed by atoms with Gasteiger partial charge in [0.1, 0.15) is 6.29 Å². The molecule has 0 unspecified atom stereocenters. The second-order valence-electron chi connectivity index (χ2n) is 1.77. The quantitative estimate of drug-likeness (QED) is 0.320. The van der Waals surface area contributed by atoms with Gasteiger partial charge in [0.25, 0.3) is 0 Å². The summed E-state index contributed by atoms with van der Waals surface area (Å²) in [5, 5.41) is 0. The van der Waals surface area contributed by atoms with Gasteiger partial charge in [0.2, 0.25) is 0 Å². The van der Waals surface area contributed by atoms with Gasteiger partial charge in [0.15, 0.2) is 0 Å². The third-order valence-corrected chi connectivity index (χ3v) is 1.54. The van der Waals surface area contributed by atoms with E-state index in [1.807, 2.05) is 0 Å². The fraction of sp³-hybridized carbons (Fsp3) is 0. The van der Waals surface area contributed by atoms with Crippen LogP contribution < -0.4 is 29.6 Å². The van der Waals surface area contributed by atoms with Crippen LogP contribution in [0.2, 0.25) is 0 Å². The van der Waals surface area contributed by atoms with Gasteiger partial charge in [-0.1, -0.05) is 12.1 Å². The van der Waals surface area contributed by atoms with Crippen molar-refractivity contribution in [1.29, 1.82) is 0 Å². The molecule has 0 atom stereocenters. The first-order chi connectivity index (χ1) is 4.86. The van der Waals surface area contributed by atoms with E-state index in [2.05, 4.69) is 0 Å². The number of carbonyl (C=O) groups excluding carboxylic acids is 1. The number of carbonyl (C=O) groups is 1. The maximum Gasteiger partial charge on any atom is 1.00 e. The first kappa shape index (κ1) is 11.2. The molecule has 0 amide bonds. The summed E-state index contributed by atoms with van der Waals surface area (Å²) in [4.78, 5) is 10.7. The number of hydrogen-bond acceptors (Lipinski definition) is 3. The summed E-state index contributed by atoms with van der Waals surface area (Å²) in [5.41, 5.74) is 0.542. The molecule has 0 heterocycles. The molecule has 0 N–H and O–H groups in total. The molecular formula is C7H5NaO2S. The maximum atomic E-state index is 10.2. The van der Waals surface area contributed by atoms with Gasteiger partial charge in [-0.15, -0.1) is 0 Å². The molecule has 1 rings (SSSR count). The smallest absolute Gasteiger partial charge is 0.795 e. The van der Waals surface area contributed by atoms with Crippen molar-refractivity contribution in [2.24, 2.45) is 0 Å². The molecule has 0 bridgehead atoms. The second-order valence-corrected chi connectivity index (χ2v) is 2.41. The Kier molecular flexibility index (Phi) is 5.91. The van der Waals surface area contributed by atoms with E-state index >= 15 is 0 Å². The molecule has 0 saturated heterocycles. The summed E-state index contributed by atoms with van der Waals surface area (Å²) < 4.78 is 10.2. The van der Waals surface area contributed by atoms with Crippen LogP contribution in [-0.4, -0.2) is 10.8 Å². The van der Waals surface area contributed by atoms with Gasteiger partial charge in [-0.25, -0.2) is 12.0 Å². The molecule has 1 aromatic rings. The zero-order chi connectivity index (χ0) is 7.40. The molecule has 0 radical (unpaired) electrons. The second kappa shape index (κ2) is 5.80. The minimum Gasteiger partial charge on any atom is -0.795 e. The molecule has 2 nitrogen and oxygen atoms in total.